The minimum absolute atomic E-state index is 1.05. The molecule has 90 valence electrons. The van der Waals surface area contributed by atoms with Gasteiger partial charge in [0.05, 0.1) is 5.52 Å². The number of hydrogen-bond donors (Lipinski definition) is 1. The van der Waals surface area contributed by atoms with E-state index in [-0.39, 0.29) is 0 Å². The summed E-state index contributed by atoms with van der Waals surface area (Å²) in [5, 5.41) is 4.39. The van der Waals surface area contributed by atoms with Crippen molar-refractivity contribution in [2.24, 2.45) is 0 Å². The molecule has 0 amide bonds. The molecule has 0 aliphatic heterocycles. The third-order valence-electron chi connectivity index (χ3n) is 2.96. The second-order valence-electron chi connectivity index (χ2n) is 4.25. The Morgan fingerprint density at radius 1 is 1.35 bits per heavy atom. The van der Waals surface area contributed by atoms with E-state index < -0.39 is 0 Å². The Morgan fingerprint density at radius 2 is 2.18 bits per heavy atom. The fourth-order valence-electron chi connectivity index (χ4n) is 2.01. The number of aryl methyl sites for hydroxylation is 2. The normalized spacial score (nSPS) is 11.0. The summed E-state index contributed by atoms with van der Waals surface area (Å²) >= 11 is 3.55. The van der Waals surface area contributed by atoms with Crippen LogP contribution in [-0.2, 0) is 6.42 Å². The number of nitrogens with one attached hydrogen (secondary N) is 1. The SMILES string of the molecule is CNCCCc1cc2cccc(Br)c2nc1C. The summed E-state index contributed by atoms with van der Waals surface area (Å²) in [7, 11) is 1.99. The Balaban J connectivity index is 2.35. The van der Waals surface area contributed by atoms with Gasteiger partial charge in [0.15, 0.2) is 0 Å². The molecule has 0 saturated carbocycles. The maximum absolute atomic E-state index is 4.69. The molecule has 3 heteroatoms. The first-order valence-corrected chi connectivity index (χ1v) is 6.71. The molecule has 0 fully saturated rings. The van der Waals surface area contributed by atoms with E-state index in [2.05, 4.69) is 51.4 Å². The van der Waals surface area contributed by atoms with Gasteiger partial charge in [-0.15, -0.1) is 0 Å². The van der Waals surface area contributed by atoms with Crippen LogP contribution >= 0.6 is 15.9 Å². The summed E-state index contributed by atoms with van der Waals surface area (Å²) in [4.78, 5) is 4.69. The fourth-order valence-corrected chi connectivity index (χ4v) is 2.48. The Labute approximate surface area is 111 Å². The third kappa shape index (κ3) is 2.85. The summed E-state index contributed by atoms with van der Waals surface area (Å²) in [6.07, 6.45) is 2.24. The fraction of sp³-hybridized carbons (Fsp3) is 0.357. The molecule has 0 spiro atoms. The van der Waals surface area contributed by atoms with Crippen LogP contribution in [-0.4, -0.2) is 18.6 Å². The molecule has 0 unspecified atom stereocenters. The van der Waals surface area contributed by atoms with Gasteiger partial charge >= 0.3 is 0 Å². The van der Waals surface area contributed by atoms with Crippen LogP contribution in [0.5, 0.6) is 0 Å². The molecule has 0 saturated heterocycles. The van der Waals surface area contributed by atoms with Crippen molar-refractivity contribution in [3.8, 4) is 0 Å². The van der Waals surface area contributed by atoms with Crippen molar-refractivity contribution in [2.45, 2.75) is 19.8 Å². The Morgan fingerprint density at radius 3 is 2.94 bits per heavy atom. The largest absolute Gasteiger partial charge is 0.320 e. The number of aromatic nitrogens is 1. The van der Waals surface area contributed by atoms with Crippen molar-refractivity contribution in [3.63, 3.8) is 0 Å². The second-order valence-corrected chi connectivity index (χ2v) is 5.11. The predicted molar refractivity (Wildman–Crippen MR) is 76.4 cm³/mol. The first-order chi connectivity index (χ1) is 8.22. The van der Waals surface area contributed by atoms with E-state index in [0.29, 0.717) is 0 Å². The highest BCUT2D eigenvalue weighted by Gasteiger charge is 2.05. The van der Waals surface area contributed by atoms with Crippen molar-refractivity contribution in [1.82, 2.24) is 10.3 Å². The van der Waals surface area contributed by atoms with Crippen LogP contribution in [0, 0.1) is 6.92 Å². The van der Waals surface area contributed by atoms with Crippen LogP contribution in [0.3, 0.4) is 0 Å². The lowest BCUT2D eigenvalue weighted by atomic mass is 10.1. The highest BCUT2D eigenvalue weighted by atomic mass is 79.9. The van der Waals surface area contributed by atoms with Crippen LogP contribution in [0.25, 0.3) is 10.9 Å². The van der Waals surface area contributed by atoms with E-state index in [9.17, 15) is 0 Å². The van der Waals surface area contributed by atoms with Crippen LogP contribution in [0.15, 0.2) is 28.7 Å². The quantitative estimate of drug-likeness (QED) is 0.873. The van der Waals surface area contributed by atoms with E-state index >= 15 is 0 Å². The molecule has 0 aliphatic rings. The summed E-state index contributed by atoms with van der Waals surface area (Å²) < 4.78 is 1.07. The predicted octanol–water partition coefficient (Wildman–Crippen LogP) is 3.46. The molecule has 2 aromatic rings. The molecule has 0 radical (unpaired) electrons. The van der Waals surface area contributed by atoms with E-state index in [1.807, 2.05) is 13.1 Å². The van der Waals surface area contributed by atoms with Crippen molar-refractivity contribution < 1.29 is 0 Å². The monoisotopic (exact) mass is 292 g/mol. The lowest BCUT2D eigenvalue weighted by molar-refractivity contribution is 0.721. The number of rotatable bonds is 4. The number of fused-ring (bicyclic) bond motifs is 1. The maximum atomic E-state index is 4.69. The highest BCUT2D eigenvalue weighted by Crippen LogP contribution is 2.24. The minimum Gasteiger partial charge on any atom is -0.320 e. The van der Waals surface area contributed by atoms with Gasteiger partial charge in [0.1, 0.15) is 0 Å². The summed E-state index contributed by atoms with van der Waals surface area (Å²) in [5.41, 5.74) is 3.55. The van der Waals surface area contributed by atoms with Gasteiger partial charge < -0.3 is 5.32 Å². The topological polar surface area (TPSA) is 24.9 Å². The van der Waals surface area contributed by atoms with Crippen LogP contribution in [0.2, 0.25) is 0 Å². The number of hydrogen-bond acceptors (Lipinski definition) is 2. The van der Waals surface area contributed by atoms with Gasteiger partial charge in [-0.3, -0.25) is 4.98 Å². The molecule has 1 heterocycles. The second kappa shape index (κ2) is 5.61. The van der Waals surface area contributed by atoms with Crippen molar-refractivity contribution in [3.05, 3.63) is 40.0 Å². The molecule has 2 nitrogen and oxygen atoms in total. The van der Waals surface area contributed by atoms with Crippen molar-refractivity contribution >= 4 is 26.8 Å². The van der Waals surface area contributed by atoms with E-state index in [0.717, 1.165) is 35.1 Å². The summed E-state index contributed by atoms with van der Waals surface area (Å²) in [6, 6.07) is 8.47. The van der Waals surface area contributed by atoms with Crippen LogP contribution in [0.4, 0.5) is 0 Å². The van der Waals surface area contributed by atoms with E-state index in [4.69, 9.17) is 0 Å². The van der Waals surface area contributed by atoms with Gasteiger partial charge in [0, 0.05) is 15.6 Å². The van der Waals surface area contributed by atoms with Gasteiger partial charge in [-0.2, -0.15) is 0 Å². The van der Waals surface area contributed by atoms with E-state index in [1.165, 1.54) is 10.9 Å². The molecule has 0 atom stereocenters. The molecule has 1 aromatic heterocycles. The lowest BCUT2D eigenvalue weighted by Gasteiger charge is -2.08. The number of nitrogens with zero attached hydrogens (tertiary/aromatic N) is 1. The Bertz CT molecular complexity index is 523. The average molecular weight is 293 g/mol. The molecule has 0 bridgehead atoms. The van der Waals surface area contributed by atoms with Gasteiger partial charge in [0.2, 0.25) is 0 Å². The molecular weight excluding hydrogens is 276 g/mol. The van der Waals surface area contributed by atoms with E-state index in [1.54, 1.807) is 0 Å². The van der Waals surface area contributed by atoms with Gasteiger partial charge in [-0.25, -0.2) is 0 Å². The van der Waals surface area contributed by atoms with Crippen molar-refractivity contribution in [2.75, 3.05) is 13.6 Å². The zero-order valence-electron chi connectivity index (χ0n) is 10.3. The first-order valence-electron chi connectivity index (χ1n) is 5.91. The molecule has 2 rings (SSSR count). The average Bonchev–Trinajstić information content (AvgIpc) is 2.31. The van der Waals surface area contributed by atoms with Gasteiger partial charge in [-0.1, -0.05) is 12.1 Å². The number of halogens is 1. The maximum Gasteiger partial charge on any atom is 0.0847 e. The minimum atomic E-state index is 1.05. The number of benzene rings is 1. The Hall–Kier alpha value is -0.930. The molecular formula is C14H17BrN2. The number of para-hydroxylation sites is 1. The number of pyridine rings is 1. The first kappa shape index (κ1) is 12.5. The smallest absolute Gasteiger partial charge is 0.0847 e. The van der Waals surface area contributed by atoms with Crippen LogP contribution in [0.1, 0.15) is 17.7 Å². The summed E-state index contributed by atoms with van der Waals surface area (Å²) in [6.45, 7) is 3.14. The molecule has 0 aliphatic carbocycles. The highest BCUT2D eigenvalue weighted by molar-refractivity contribution is 9.10. The molecule has 17 heavy (non-hydrogen) atoms. The zero-order chi connectivity index (χ0) is 12.3. The lowest BCUT2D eigenvalue weighted by Crippen LogP contribution is -2.09. The standard InChI is InChI=1S/C14H17BrN2/c1-10-11(6-4-8-16-2)9-12-5-3-7-13(15)14(12)17-10/h3,5,7,9,16H,4,6,8H2,1-2H3. The Kier molecular flexibility index (Phi) is 4.13. The molecule has 1 N–H and O–H groups in total. The molecule has 1 aromatic carbocycles. The van der Waals surface area contributed by atoms with Crippen LogP contribution < -0.4 is 5.32 Å². The van der Waals surface area contributed by atoms with Crippen molar-refractivity contribution in [1.29, 1.82) is 0 Å². The van der Waals surface area contributed by atoms with Gasteiger partial charge in [0.25, 0.3) is 0 Å². The third-order valence-corrected chi connectivity index (χ3v) is 3.60. The van der Waals surface area contributed by atoms with Gasteiger partial charge in [-0.05, 0) is 67.0 Å². The summed E-state index contributed by atoms with van der Waals surface area (Å²) in [5.74, 6) is 0. The zero-order valence-corrected chi connectivity index (χ0v) is 11.8.